The van der Waals surface area contributed by atoms with Crippen molar-refractivity contribution in [2.24, 2.45) is 0 Å². The zero-order valence-corrected chi connectivity index (χ0v) is 15.1. The summed E-state index contributed by atoms with van der Waals surface area (Å²) < 4.78 is 26.8. The van der Waals surface area contributed by atoms with Gasteiger partial charge in [0, 0.05) is 32.4 Å². The van der Waals surface area contributed by atoms with E-state index in [1.807, 2.05) is 24.5 Å². The number of aromatic nitrogens is 2. The average Bonchev–Trinajstić information content (AvgIpc) is 3.36. The van der Waals surface area contributed by atoms with Gasteiger partial charge in [0.15, 0.2) is 0 Å². The van der Waals surface area contributed by atoms with Crippen molar-refractivity contribution in [2.75, 3.05) is 31.1 Å². The largest absolute Gasteiger partial charge is 0.369 e. The van der Waals surface area contributed by atoms with Gasteiger partial charge in [-0.1, -0.05) is 12.1 Å². The molecule has 4 rings (SSSR count). The summed E-state index contributed by atoms with van der Waals surface area (Å²) in [5, 5.41) is 6.87. The first-order chi connectivity index (χ1) is 12.1. The fourth-order valence-electron chi connectivity index (χ4n) is 3.88. The molecule has 0 aliphatic carbocycles. The first kappa shape index (κ1) is 16.6. The Bertz CT molecular complexity index is 788. The Morgan fingerprint density at radius 1 is 1.00 bits per heavy atom. The highest BCUT2D eigenvalue weighted by Crippen LogP contribution is 2.31. The Hall–Kier alpha value is -1.86. The van der Waals surface area contributed by atoms with Crippen LogP contribution in [0.1, 0.15) is 37.2 Å². The van der Waals surface area contributed by atoms with Crippen LogP contribution in [0.3, 0.4) is 0 Å². The lowest BCUT2D eigenvalue weighted by Gasteiger charge is -2.32. The lowest BCUT2D eigenvalue weighted by atomic mass is 9.89. The third-order valence-corrected chi connectivity index (χ3v) is 7.31. The van der Waals surface area contributed by atoms with E-state index in [0.717, 1.165) is 44.5 Å². The van der Waals surface area contributed by atoms with Crippen LogP contribution in [0.25, 0.3) is 0 Å². The second-order valence-electron chi connectivity index (χ2n) is 6.90. The molecular formula is C18H24N4O2S. The molecule has 7 heteroatoms. The number of H-pyrrole nitrogens is 1. The number of piperidine rings is 1. The molecule has 0 bridgehead atoms. The van der Waals surface area contributed by atoms with Crippen molar-refractivity contribution in [1.29, 1.82) is 0 Å². The average molecular weight is 360 g/mol. The number of anilines is 1. The number of aromatic amines is 1. The summed E-state index contributed by atoms with van der Waals surface area (Å²) in [5.74, 6) is 0.492. The first-order valence-electron chi connectivity index (χ1n) is 8.98. The van der Waals surface area contributed by atoms with Crippen LogP contribution in [0.15, 0.2) is 41.6 Å². The van der Waals surface area contributed by atoms with Crippen molar-refractivity contribution in [1.82, 2.24) is 14.5 Å². The molecule has 3 heterocycles. The van der Waals surface area contributed by atoms with Crippen molar-refractivity contribution in [2.45, 2.75) is 36.5 Å². The minimum Gasteiger partial charge on any atom is -0.369 e. The summed E-state index contributed by atoms with van der Waals surface area (Å²) in [4.78, 5) is 2.76. The standard InChI is InChI=1S/C18H24N4O2S/c23-25(24,22-9-1-2-10-22)18-5-3-15(4-6-18)16-7-11-21(12-8-16)17-13-19-20-14-17/h3-6,13-14,16H,1-2,7-12H2,(H,19,20). The molecule has 1 aromatic carbocycles. The van der Waals surface area contributed by atoms with E-state index in [2.05, 4.69) is 15.1 Å². The molecule has 0 unspecified atom stereocenters. The first-order valence-corrected chi connectivity index (χ1v) is 10.4. The van der Waals surface area contributed by atoms with Crippen LogP contribution in [0.5, 0.6) is 0 Å². The van der Waals surface area contributed by atoms with Crippen LogP contribution in [0.2, 0.25) is 0 Å². The molecule has 25 heavy (non-hydrogen) atoms. The van der Waals surface area contributed by atoms with Crippen LogP contribution < -0.4 is 4.90 Å². The van der Waals surface area contributed by atoms with Gasteiger partial charge in [0.2, 0.25) is 10.0 Å². The van der Waals surface area contributed by atoms with Gasteiger partial charge in [-0.05, 0) is 49.3 Å². The van der Waals surface area contributed by atoms with Gasteiger partial charge in [-0.15, -0.1) is 0 Å². The number of sulfonamides is 1. The summed E-state index contributed by atoms with van der Waals surface area (Å²) in [7, 11) is -3.31. The summed E-state index contributed by atoms with van der Waals surface area (Å²) in [6.45, 7) is 3.29. The molecule has 2 saturated heterocycles. The molecule has 1 aromatic heterocycles. The van der Waals surface area contributed by atoms with Gasteiger partial charge in [0.1, 0.15) is 0 Å². The van der Waals surface area contributed by atoms with Crippen molar-refractivity contribution in [3.63, 3.8) is 0 Å². The highest BCUT2D eigenvalue weighted by atomic mass is 32.2. The summed E-state index contributed by atoms with van der Waals surface area (Å²) in [5.41, 5.74) is 2.39. The van der Waals surface area contributed by atoms with Gasteiger partial charge >= 0.3 is 0 Å². The molecule has 134 valence electrons. The SMILES string of the molecule is O=S(=O)(c1ccc(C2CCN(c3cn[nH]c3)CC2)cc1)N1CCCC1. The number of rotatable bonds is 4. The van der Waals surface area contributed by atoms with Gasteiger partial charge in [-0.3, -0.25) is 5.10 Å². The predicted molar refractivity (Wildman–Crippen MR) is 97.2 cm³/mol. The Morgan fingerprint density at radius 2 is 1.68 bits per heavy atom. The second kappa shape index (κ2) is 6.80. The molecule has 6 nitrogen and oxygen atoms in total. The summed E-state index contributed by atoms with van der Waals surface area (Å²) in [6, 6.07) is 7.57. The van der Waals surface area contributed by atoms with Crippen LogP contribution >= 0.6 is 0 Å². The maximum absolute atomic E-state index is 12.6. The fourth-order valence-corrected chi connectivity index (χ4v) is 5.39. The topological polar surface area (TPSA) is 69.3 Å². The molecule has 0 atom stereocenters. The maximum atomic E-state index is 12.6. The minimum absolute atomic E-state index is 0.425. The van der Waals surface area contributed by atoms with E-state index in [9.17, 15) is 8.42 Å². The molecule has 0 saturated carbocycles. The van der Waals surface area contributed by atoms with E-state index in [0.29, 0.717) is 23.9 Å². The monoisotopic (exact) mass is 360 g/mol. The Labute approximate surface area is 148 Å². The quantitative estimate of drug-likeness (QED) is 0.910. The van der Waals surface area contributed by atoms with E-state index < -0.39 is 10.0 Å². The molecule has 2 aliphatic heterocycles. The van der Waals surface area contributed by atoms with E-state index in [1.165, 1.54) is 5.56 Å². The van der Waals surface area contributed by atoms with Gasteiger partial charge in [0.25, 0.3) is 0 Å². The van der Waals surface area contributed by atoms with Crippen LogP contribution in [-0.4, -0.2) is 49.1 Å². The molecule has 0 radical (unpaired) electrons. The third kappa shape index (κ3) is 3.30. The van der Waals surface area contributed by atoms with Crippen LogP contribution in [0, 0.1) is 0 Å². The molecule has 2 aliphatic rings. The van der Waals surface area contributed by atoms with Gasteiger partial charge in [0.05, 0.1) is 16.8 Å². The molecule has 0 spiro atoms. The number of hydrogen-bond donors (Lipinski definition) is 1. The number of hydrogen-bond acceptors (Lipinski definition) is 4. The highest BCUT2D eigenvalue weighted by molar-refractivity contribution is 7.89. The Balaban J connectivity index is 1.43. The van der Waals surface area contributed by atoms with E-state index in [1.54, 1.807) is 16.4 Å². The lowest BCUT2D eigenvalue weighted by molar-refractivity contribution is 0.477. The van der Waals surface area contributed by atoms with Crippen LogP contribution in [-0.2, 0) is 10.0 Å². The molecule has 0 amide bonds. The zero-order valence-electron chi connectivity index (χ0n) is 14.3. The highest BCUT2D eigenvalue weighted by Gasteiger charge is 2.27. The summed E-state index contributed by atoms with van der Waals surface area (Å²) in [6.07, 6.45) is 7.86. The fraction of sp³-hybridized carbons (Fsp3) is 0.500. The van der Waals surface area contributed by atoms with Gasteiger partial charge in [-0.2, -0.15) is 9.40 Å². The normalized spacial score (nSPS) is 20.2. The van der Waals surface area contributed by atoms with Gasteiger partial charge < -0.3 is 4.90 Å². The lowest BCUT2D eigenvalue weighted by Crippen LogP contribution is -2.32. The molecular weight excluding hydrogens is 336 g/mol. The van der Waals surface area contributed by atoms with Crippen LogP contribution in [0.4, 0.5) is 5.69 Å². The van der Waals surface area contributed by atoms with E-state index in [-0.39, 0.29) is 0 Å². The third-order valence-electron chi connectivity index (χ3n) is 5.40. The number of nitrogens with zero attached hydrogens (tertiary/aromatic N) is 3. The molecule has 1 N–H and O–H groups in total. The second-order valence-corrected chi connectivity index (χ2v) is 8.84. The zero-order chi connectivity index (χ0) is 17.3. The molecule has 2 fully saturated rings. The van der Waals surface area contributed by atoms with Crippen molar-refractivity contribution >= 4 is 15.7 Å². The van der Waals surface area contributed by atoms with E-state index >= 15 is 0 Å². The van der Waals surface area contributed by atoms with Crippen molar-refractivity contribution < 1.29 is 8.42 Å². The maximum Gasteiger partial charge on any atom is 0.243 e. The van der Waals surface area contributed by atoms with Crippen molar-refractivity contribution in [3.8, 4) is 0 Å². The Kier molecular flexibility index (Phi) is 4.52. The van der Waals surface area contributed by atoms with E-state index in [4.69, 9.17) is 0 Å². The number of benzene rings is 1. The minimum atomic E-state index is -3.31. The number of nitrogens with one attached hydrogen (secondary N) is 1. The predicted octanol–water partition coefficient (Wildman–Crippen LogP) is 2.58. The Morgan fingerprint density at radius 3 is 2.28 bits per heavy atom. The summed E-state index contributed by atoms with van der Waals surface area (Å²) >= 11 is 0. The smallest absolute Gasteiger partial charge is 0.243 e. The van der Waals surface area contributed by atoms with Gasteiger partial charge in [-0.25, -0.2) is 8.42 Å². The molecule has 2 aromatic rings. The van der Waals surface area contributed by atoms with Crippen molar-refractivity contribution in [3.05, 3.63) is 42.2 Å².